The fourth-order valence-electron chi connectivity index (χ4n) is 3.02. The van der Waals surface area contributed by atoms with Crippen LogP contribution in [0.4, 0.5) is 0 Å². The van der Waals surface area contributed by atoms with Crippen LogP contribution in [0.25, 0.3) is 0 Å². The van der Waals surface area contributed by atoms with E-state index < -0.39 is 0 Å². The molecular weight excluding hydrogens is 184 g/mol. The Labute approximate surface area is 92.9 Å². The molecule has 1 nitrogen and oxygen atoms in total. The first-order valence-corrected chi connectivity index (χ1v) is 6.15. The summed E-state index contributed by atoms with van der Waals surface area (Å²) >= 11 is 0. The van der Waals surface area contributed by atoms with Crippen LogP contribution in [0.1, 0.15) is 40.0 Å². The number of aliphatic hydroxyl groups excluding tert-OH is 1. The summed E-state index contributed by atoms with van der Waals surface area (Å²) in [4.78, 5) is 0. The van der Waals surface area contributed by atoms with Crippen LogP contribution >= 0.6 is 0 Å². The number of rotatable bonds is 1. The summed E-state index contributed by atoms with van der Waals surface area (Å²) in [5.74, 6) is 1.73. The molecule has 3 unspecified atom stereocenters. The van der Waals surface area contributed by atoms with Gasteiger partial charge in [0.1, 0.15) is 0 Å². The van der Waals surface area contributed by atoms with Crippen molar-refractivity contribution in [3.05, 3.63) is 23.3 Å². The Morgan fingerprint density at radius 2 is 2.00 bits per heavy atom. The van der Waals surface area contributed by atoms with Crippen LogP contribution in [-0.4, -0.2) is 11.2 Å². The van der Waals surface area contributed by atoms with Crippen LogP contribution in [-0.2, 0) is 0 Å². The smallest absolute Gasteiger partial charge is 0.0577 e. The van der Waals surface area contributed by atoms with E-state index in [4.69, 9.17) is 0 Å². The third kappa shape index (κ3) is 2.03. The van der Waals surface area contributed by atoms with Gasteiger partial charge in [-0.15, -0.1) is 0 Å². The number of allylic oxidation sites excluding steroid dienone is 4. The van der Waals surface area contributed by atoms with Crippen molar-refractivity contribution in [1.29, 1.82) is 0 Å². The van der Waals surface area contributed by atoms with Crippen LogP contribution < -0.4 is 0 Å². The second-order valence-electron chi connectivity index (χ2n) is 5.43. The van der Waals surface area contributed by atoms with E-state index >= 15 is 0 Å². The van der Waals surface area contributed by atoms with E-state index in [1.165, 1.54) is 17.6 Å². The van der Waals surface area contributed by atoms with Gasteiger partial charge in [0.05, 0.1) is 6.10 Å². The third-order valence-corrected chi connectivity index (χ3v) is 4.14. The summed E-state index contributed by atoms with van der Waals surface area (Å²) in [5, 5.41) is 10.0. The van der Waals surface area contributed by atoms with Crippen molar-refractivity contribution in [2.24, 2.45) is 17.8 Å². The summed E-state index contributed by atoms with van der Waals surface area (Å²) in [6.07, 6.45) is 7.75. The average Bonchev–Trinajstić information content (AvgIpc) is 2.43. The van der Waals surface area contributed by atoms with Crippen molar-refractivity contribution in [2.45, 2.75) is 46.1 Å². The molecule has 2 aliphatic carbocycles. The molecule has 2 rings (SSSR count). The van der Waals surface area contributed by atoms with Gasteiger partial charge in [0.25, 0.3) is 0 Å². The van der Waals surface area contributed by atoms with E-state index in [0.29, 0.717) is 17.8 Å². The Balaban J connectivity index is 2.24. The molecule has 0 aromatic carbocycles. The molecule has 3 atom stereocenters. The van der Waals surface area contributed by atoms with Crippen molar-refractivity contribution < 1.29 is 5.11 Å². The van der Waals surface area contributed by atoms with Crippen molar-refractivity contribution in [2.75, 3.05) is 0 Å². The van der Waals surface area contributed by atoms with E-state index in [-0.39, 0.29) is 6.10 Å². The molecular formula is C14H22O. The van der Waals surface area contributed by atoms with Gasteiger partial charge in [0.2, 0.25) is 0 Å². The normalized spacial score (nSPS) is 35.9. The Bertz CT molecular complexity index is 298. The lowest BCUT2D eigenvalue weighted by Gasteiger charge is -2.23. The lowest BCUT2D eigenvalue weighted by molar-refractivity contribution is 0.121. The first kappa shape index (κ1) is 10.9. The summed E-state index contributed by atoms with van der Waals surface area (Å²) < 4.78 is 0. The molecule has 0 spiro atoms. The number of fused-ring (bicyclic) bond motifs is 1. The van der Waals surface area contributed by atoms with E-state index in [1.807, 2.05) is 0 Å². The SMILES string of the molecule is CC1=CC=C(C(C)C)CC2C(O)CCC12. The molecule has 0 amide bonds. The molecule has 84 valence electrons. The van der Waals surface area contributed by atoms with Gasteiger partial charge >= 0.3 is 0 Å². The average molecular weight is 206 g/mol. The van der Waals surface area contributed by atoms with Crippen LogP contribution in [0.2, 0.25) is 0 Å². The lowest BCUT2D eigenvalue weighted by atomic mass is 9.84. The van der Waals surface area contributed by atoms with Crippen molar-refractivity contribution in [1.82, 2.24) is 0 Å². The van der Waals surface area contributed by atoms with Gasteiger partial charge < -0.3 is 5.11 Å². The van der Waals surface area contributed by atoms with Gasteiger partial charge in [-0.1, -0.05) is 37.1 Å². The summed E-state index contributed by atoms with van der Waals surface area (Å²) in [6, 6.07) is 0. The Morgan fingerprint density at radius 1 is 1.27 bits per heavy atom. The highest BCUT2D eigenvalue weighted by atomic mass is 16.3. The summed E-state index contributed by atoms with van der Waals surface area (Å²) in [5.41, 5.74) is 2.97. The van der Waals surface area contributed by atoms with Crippen molar-refractivity contribution in [3.8, 4) is 0 Å². The Morgan fingerprint density at radius 3 is 2.67 bits per heavy atom. The maximum Gasteiger partial charge on any atom is 0.0577 e. The molecule has 1 heteroatoms. The quantitative estimate of drug-likeness (QED) is 0.698. The van der Waals surface area contributed by atoms with E-state index in [2.05, 4.69) is 32.9 Å². The highest BCUT2D eigenvalue weighted by molar-refractivity contribution is 5.25. The minimum Gasteiger partial charge on any atom is -0.393 e. The van der Waals surface area contributed by atoms with Crippen LogP contribution in [0, 0.1) is 17.8 Å². The summed E-state index contributed by atoms with van der Waals surface area (Å²) in [7, 11) is 0. The van der Waals surface area contributed by atoms with Gasteiger partial charge in [-0.25, -0.2) is 0 Å². The molecule has 0 saturated heterocycles. The maximum atomic E-state index is 10.0. The van der Waals surface area contributed by atoms with Crippen molar-refractivity contribution in [3.63, 3.8) is 0 Å². The zero-order chi connectivity index (χ0) is 11.0. The molecule has 0 bridgehead atoms. The molecule has 15 heavy (non-hydrogen) atoms. The van der Waals surface area contributed by atoms with Crippen LogP contribution in [0.15, 0.2) is 23.3 Å². The molecule has 1 N–H and O–H groups in total. The maximum absolute atomic E-state index is 10.0. The zero-order valence-corrected chi connectivity index (χ0v) is 10.0. The third-order valence-electron chi connectivity index (χ3n) is 4.14. The molecule has 0 aromatic rings. The highest BCUT2D eigenvalue weighted by Gasteiger charge is 2.37. The topological polar surface area (TPSA) is 20.2 Å². The molecule has 1 fully saturated rings. The fraction of sp³-hybridized carbons (Fsp3) is 0.714. The van der Waals surface area contributed by atoms with Crippen LogP contribution in [0.3, 0.4) is 0 Å². The van der Waals surface area contributed by atoms with Gasteiger partial charge in [0, 0.05) is 0 Å². The van der Waals surface area contributed by atoms with E-state index in [0.717, 1.165) is 12.8 Å². The minimum atomic E-state index is -0.0707. The van der Waals surface area contributed by atoms with Gasteiger partial charge in [0.15, 0.2) is 0 Å². The fourth-order valence-corrected chi connectivity index (χ4v) is 3.02. The monoisotopic (exact) mass is 206 g/mol. The lowest BCUT2D eigenvalue weighted by Crippen LogP contribution is -2.20. The highest BCUT2D eigenvalue weighted by Crippen LogP contribution is 2.43. The molecule has 0 aromatic heterocycles. The standard InChI is InChI=1S/C14H22O/c1-9(2)11-5-4-10(3)12-6-7-14(15)13(12)8-11/h4-5,9,12-15H,6-8H2,1-3H3. The Kier molecular flexibility index (Phi) is 3.01. The predicted octanol–water partition coefficient (Wildman–Crippen LogP) is 3.31. The molecule has 0 heterocycles. The van der Waals surface area contributed by atoms with E-state index in [1.54, 1.807) is 0 Å². The molecule has 0 aliphatic heterocycles. The van der Waals surface area contributed by atoms with Gasteiger partial charge in [-0.3, -0.25) is 0 Å². The van der Waals surface area contributed by atoms with Crippen LogP contribution in [0.5, 0.6) is 0 Å². The van der Waals surface area contributed by atoms with Gasteiger partial charge in [-0.05, 0) is 43.9 Å². The second-order valence-corrected chi connectivity index (χ2v) is 5.43. The van der Waals surface area contributed by atoms with E-state index in [9.17, 15) is 5.11 Å². The zero-order valence-electron chi connectivity index (χ0n) is 10.0. The predicted molar refractivity (Wildman–Crippen MR) is 63.5 cm³/mol. The summed E-state index contributed by atoms with van der Waals surface area (Å²) in [6.45, 7) is 6.71. The van der Waals surface area contributed by atoms with Gasteiger partial charge in [-0.2, -0.15) is 0 Å². The first-order valence-electron chi connectivity index (χ1n) is 6.15. The first-order chi connectivity index (χ1) is 7.09. The second kappa shape index (κ2) is 4.13. The molecule has 0 radical (unpaired) electrons. The Hall–Kier alpha value is -0.560. The molecule has 1 saturated carbocycles. The number of hydrogen-bond donors (Lipinski definition) is 1. The number of aliphatic hydroxyl groups is 1. The molecule has 2 aliphatic rings. The van der Waals surface area contributed by atoms with Crippen molar-refractivity contribution >= 4 is 0 Å². The largest absolute Gasteiger partial charge is 0.393 e. The number of hydrogen-bond acceptors (Lipinski definition) is 1. The minimum absolute atomic E-state index is 0.0707.